The van der Waals surface area contributed by atoms with Gasteiger partial charge in [0.2, 0.25) is 6.10 Å². The molecular weight excluding hydrogens is 262 g/mol. The highest BCUT2D eigenvalue weighted by Crippen LogP contribution is 2.22. The Labute approximate surface area is 114 Å². The molecule has 1 amide bonds. The van der Waals surface area contributed by atoms with E-state index in [2.05, 4.69) is 0 Å². The van der Waals surface area contributed by atoms with Crippen molar-refractivity contribution in [2.75, 3.05) is 0 Å². The third kappa shape index (κ3) is 3.20. The highest BCUT2D eigenvalue weighted by molar-refractivity contribution is 7.13. The molecule has 0 radical (unpaired) electrons. The fourth-order valence-corrected chi connectivity index (χ4v) is 2.38. The summed E-state index contributed by atoms with van der Waals surface area (Å²) in [5.74, 6) is -1.22. The number of nitrogens with two attached hydrogens (primary N) is 1. The van der Waals surface area contributed by atoms with Crippen molar-refractivity contribution in [1.29, 1.82) is 0 Å². The standard InChI is InChI=1S/C14H13NO3S/c1-9-7-8-11(19-9)14(17)18-12(13(15)16)10-5-3-2-4-6-10/h2-8,12H,1H3,(H2,15,16)/t12-/m1/s1. The van der Waals surface area contributed by atoms with E-state index in [4.69, 9.17) is 10.5 Å². The number of hydrogen-bond acceptors (Lipinski definition) is 4. The summed E-state index contributed by atoms with van der Waals surface area (Å²) in [7, 11) is 0. The maximum absolute atomic E-state index is 11.9. The number of carbonyl (C=O) groups is 2. The van der Waals surface area contributed by atoms with Gasteiger partial charge in [-0.05, 0) is 19.1 Å². The van der Waals surface area contributed by atoms with Crippen molar-refractivity contribution in [2.45, 2.75) is 13.0 Å². The Kier molecular flexibility index (Phi) is 3.97. The summed E-state index contributed by atoms with van der Waals surface area (Å²) in [5, 5.41) is 0. The fraction of sp³-hybridized carbons (Fsp3) is 0.143. The number of benzene rings is 1. The molecule has 2 aromatic rings. The molecule has 98 valence electrons. The Balaban J connectivity index is 2.18. The molecule has 0 aliphatic heterocycles. The molecule has 0 aliphatic rings. The second kappa shape index (κ2) is 5.67. The van der Waals surface area contributed by atoms with Gasteiger partial charge in [0.25, 0.3) is 5.91 Å². The van der Waals surface area contributed by atoms with E-state index in [1.807, 2.05) is 19.1 Å². The number of rotatable bonds is 4. The predicted molar refractivity (Wildman–Crippen MR) is 72.8 cm³/mol. The van der Waals surface area contributed by atoms with E-state index < -0.39 is 18.0 Å². The number of esters is 1. The van der Waals surface area contributed by atoms with Crippen LogP contribution in [0, 0.1) is 6.92 Å². The van der Waals surface area contributed by atoms with Crippen molar-refractivity contribution in [3.8, 4) is 0 Å². The fourth-order valence-electron chi connectivity index (χ4n) is 1.63. The monoisotopic (exact) mass is 275 g/mol. The van der Waals surface area contributed by atoms with Crippen molar-refractivity contribution in [2.24, 2.45) is 5.73 Å². The minimum absolute atomic E-state index is 0.458. The number of primary amides is 1. The van der Waals surface area contributed by atoms with Gasteiger partial charge in [-0.15, -0.1) is 11.3 Å². The third-order valence-electron chi connectivity index (χ3n) is 2.53. The van der Waals surface area contributed by atoms with Gasteiger partial charge in [0.15, 0.2) is 0 Å². The van der Waals surface area contributed by atoms with Crippen molar-refractivity contribution in [1.82, 2.24) is 0 Å². The molecule has 1 aromatic carbocycles. The first-order chi connectivity index (χ1) is 9.08. The summed E-state index contributed by atoms with van der Waals surface area (Å²) in [6.07, 6.45) is -1.06. The highest BCUT2D eigenvalue weighted by Gasteiger charge is 2.23. The maximum Gasteiger partial charge on any atom is 0.349 e. The molecule has 0 saturated carbocycles. The minimum Gasteiger partial charge on any atom is -0.443 e. The summed E-state index contributed by atoms with van der Waals surface area (Å²) >= 11 is 1.32. The quantitative estimate of drug-likeness (QED) is 0.871. The van der Waals surface area contributed by atoms with Gasteiger partial charge in [0, 0.05) is 10.4 Å². The number of aryl methyl sites for hydroxylation is 1. The van der Waals surface area contributed by atoms with Gasteiger partial charge in [0.05, 0.1) is 0 Å². The molecule has 0 spiro atoms. The van der Waals surface area contributed by atoms with Crippen molar-refractivity contribution in [3.05, 3.63) is 57.8 Å². The van der Waals surface area contributed by atoms with Crippen molar-refractivity contribution < 1.29 is 14.3 Å². The smallest absolute Gasteiger partial charge is 0.349 e. The minimum atomic E-state index is -1.06. The van der Waals surface area contributed by atoms with Crippen LogP contribution in [0.15, 0.2) is 42.5 Å². The number of thiophene rings is 1. The van der Waals surface area contributed by atoms with E-state index in [1.165, 1.54) is 11.3 Å². The lowest BCUT2D eigenvalue weighted by Crippen LogP contribution is -2.26. The molecule has 2 N–H and O–H groups in total. The first kappa shape index (κ1) is 13.3. The Hall–Kier alpha value is -2.14. The summed E-state index contributed by atoms with van der Waals surface area (Å²) in [5.41, 5.74) is 5.85. The molecule has 1 aromatic heterocycles. The van der Waals surface area contributed by atoms with Crippen LogP contribution < -0.4 is 5.73 Å². The Morgan fingerprint density at radius 3 is 2.37 bits per heavy atom. The van der Waals surface area contributed by atoms with Gasteiger partial charge in [-0.3, -0.25) is 4.79 Å². The molecule has 5 heteroatoms. The van der Waals surface area contributed by atoms with Crippen LogP contribution >= 0.6 is 11.3 Å². The topological polar surface area (TPSA) is 69.4 Å². The molecule has 1 atom stereocenters. The molecule has 0 bridgehead atoms. The molecule has 19 heavy (non-hydrogen) atoms. The Morgan fingerprint density at radius 2 is 1.84 bits per heavy atom. The number of ether oxygens (including phenoxy) is 1. The lowest BCUT2D eigenvalue weighted by atomic mass is 10.1. The second-order valence-corrected chi connectivity index (χ2v) is 5.30. The molecule has 4 nitrogen and oxygen atoms in total. The zero-order valence-corrected chi connectivity index (χ0v) is 11.1. The molecule has 0 fully saturated rings. The van der Waals surface area contributed by atoms with Crippen LogP contribution in [0.25, 0.3) is 0 Å². The summed E-state index contributed by atoms with van der Waals surface area (Å²) in [6, 6.07) is 12.2. The van der Waals surface area contributed by atoms with Crippen LogP contribution in [0.1, 0.15) is 26.2 Å². The Morgan fingerprint density at radius 1 is 1.16 bits per heavy atom. The van der Waals surface area contributed by atoms with Crippen molar-refractivity contribution in [3.63, 3.8) is 0 Å². The van der Waals surface area contributed by atoms with Crippen LogP contribution in [-0.4, -0.2) is 11.9 Å². The second-order valence-electron chi connectivity index (χ2n) is 4.01. The van der Waals surface area contributed by atoms with E-state index >= 15 is 0 Å². The normalized spacial score (nSPS) is 11.8. The first-order valence-corrected chi connectivity index (χ1v) is 6.51. The van der Waals surface area contributed by atoms with E-state index in [9.17, 15) is 9.59 Å². The highest BCUT2D eigenvalue weighted by atomic mass is 32.1. The van der Waals surface area contributed by atoms with E-state index in [0.717, 1.165) is 4.88 Å². The van der Waals surface area contributed by atoms with Gasteiger partial charge < -0.3 is 10.5 Å². The zero-order valence-electron chi connectivity index (χ0n) is 10.3. The lowest BCUT2D eigenvalue weighted by molar-refractivity contribution is -0.127. The summed E-state index contributed by atoms with van der Waals surface area (Å²) in [6.45, 7) is 1.89. The largest absolute Gasteiger partial charge is 0.443 e. The predicted octanol–water partition coefficient (Wildman–Crippen LogP) is 2.44. The van der Waals surface area contributed by atoms with Gasteiger partial charge in [-0.25, -0.2) is 4.79 Å². The third-order valence-corrected chi connectivity index (χ3v) is 3.51. The lowest BCUT2D eigenvalue weighted by Gasteiger charge is -2.14. The molecular formula is C14H13NO3S. The van der Waals surface area contributed by atoms with E-state index in [0.29, 0.717) is 10.4 Å². The number of amides is 1. The van der Waals surface area contributed by atoms with Crippen LogP contribution in [0.2, 0.25) is 0 Å². The van der Waals surface area contributed by atoms with Gasteiger partial charge in [0.1, 0.15) is 4.88 Å². The molecule has 0 unspecified atom stereocenters. The van der Waals surface area contributed by atoms with Gasteiger partial charge in [-0.2, -0.15) is 0 Å². The molecule has 1 heterocycles. The van der Waals surface area contributed by atoms with E-state index in [-0.39, 0.29) is 0 Å². The van der Waals surface area contributed by atoms with Crippen molar-refractivity contribution >= 4 is 23.2 Å². The van der Waals surface area contributed by atoms with Crippen LogP contribution in [0.4, 0.5) is 0 Å². The van der Waals surface area contributed by atoms with Crippen LogP contribution in [0.3, 0.4) is 0 Å². The first-order valence-electron chi connectivity index (χ1n) is 5.69. The SMILES string of the molecule is Cc1ccc(C(=O)O[C@@H](C(N)=O)c2ccccc2)s1. The average Bonchev–Trinajstić information content (AvgIpc) is 2.83. The van der Waals surface area contributed by atoms with Crippen LogP contribution in [0.5, 0.6) is 0 Å². The zero-order chi connectivity index (χ0) is 13.8. The summed E-state index contributed by atoms with van der Waals surface area (Å²) < 4.78 is 5.19. The maximum atomic E-state index is 11.9. The molecule has 0 saturated heterocycles. The number of carbonyl (C=O) groups excluding carboxylic acids is 2. The Bertz CT molecular complexity index is 592. The van der Waals surface area contributed by atoms with Crippen LogP contribution in [-0.2, 0) is 9.53 Å². The van der Waals surface area contributed by atoms with Gasteiger partial charge in [-0.1, -0.05) is 30.3 Å². The number of hydrogen-bond donors (Lipinski definition) is 1. The molecule has 0 aliphatic carbocycles. The summed E-state index contributed by atoms with van der Waals surface area (Å²) in [4.78, 5) is 24.8. The molecule has 2 rings (SSSR count). The average molecular weight is 275 g/mol. The van der Waals surface area contributed by atoms with E-state index in [1.54, 1.807) is 30.3 Å². The van der Waals surface area contributed by atoms with Gasteiger partial charge >= 0.3 is 5.97 Å².